The molecule has 1 radical (unpaired) electrons. The van der Waals surface area contributed by atoms with E-state index in [1.54, 1.807) is 19.4 Å². The van der Waals surface area contributed by atoms with Crippen molar-refractivity contribution < 1.29 is 19.1 Å². The Morgan fingerprint density at radius 2 is 2.10 bits per heavy atom. The highest BCUT2D eigenvalue weighted by atomic mass is 16.5. The first-order valence-electron chi connectivity index (χ1n) is 6.27. The van der Waals surface area contributed by atoms with Crippen LogP contribution in [-0.4, -0.2) is 50.3 Å². The number of hydrogen-bond donors (Lipinski definition) is 1. The highest BCUT2D eigenvalue weighted by molar-refractivity contribution is 6.04. The second kappa shape index (κ2) is 8.65. The Morgan fingerprint density at radius 1 is 1.38 bits per heavy atom. The molecule has 0 bridgehead atoms. The van der Waals surface area contributed by atoms with Crippen LogP contribution in [0.1, 0.15) is 5.56 Å². The molecule has 0 unspecified atom stereocenters. The van der Waals surface area contributed by atoms with Crippen molar-refractivity contribution in [2.45, 2.75) is 0 Å². The van der Waals surface area contributed by atoms with E-state index in [-0.39, 0.29) is 6.61 Å². The smallest absolute Gasteiger partial charge is 0.255 e. The lowest BCUT2D eigenvalue weighted by Crippen LogP contribution is -2.39. The van der Waals surface area contributed by atoms with E-state index in [9.17, 15) is 14.4 Å². The fourth-order valence-electron chi connectivity index (χ4n) is 1.68. The van der Waals surface area contributed by atoms with Gasteiger partial charge in [-0.2, -0.15) is 0 Å². The number of carbonyl (C=O) groups is 2. The summed E-state index contributed by atoms with van der Waals surface area (Å²) in [7, 11) is 3.11. The largest absolute Gasteiger partial charge is 0.388 e. The molecule has 0 aromatic heterocycles. The van der Waals surface area contributed by atoms with Gasteiger partial charge in [0.2, 0.25) is 6.29 Å². The molecular weight excluding hydrogens is 272 g/mol. The fourth-order valence-corrected chi connectivity index (χ4v) is 1.68. The molecule has 0 aliphatic heterocycles. The third-order valence-corrected chi connectivity index (χ3v) is 2.69. The summed E-state index contributed by atoms with van der Waals surface area (Å²) in [4.78, 5) is 34.9. The van der Waals surface area contributed by atoms with Gasteiger partial charge in [-0.15, -0.1) is 0 Å². The third kappa shape index (κ3) is 4.85. The molecule has 0 spiro atoms. The summed E-state index contributed by atoms with van der Waals surface area (Å²) < 4.78 is 4.67. The molecule has 0 aliphatic carbocycles. The van der Waals surface area contributed by atoms with Gasteiger partial charge in [0.15, 0.2) is 0 Å². The van der Waals surface area contributed by atoms with Crippen molar-refractivity contribution >= 4 is 29.9 Å². The predicted octanol–water partition coefficient (Wildman–Crippen LogP) is 0.853. The first-order valence-corrected chi connectivity index (χ1v) is 6.27. The summed E-state index contributed by atoms with van der Waals surface area (Å²) in [6.07, 6.45) is 4.35. The number of hydrogen-bond acceptors (Lipinski definition) is 5. The molecule has 1 aromatic rings. The van der Waals surface area contributed by atoms with Crippen molar-refractivity contribution in [2.75, 3.05) is 32.6 Å². The summed E-state index contributed by atoms with van der Waals surface area (Å²) >= 11 is 0. The van der Waals surface area contributed by atoms with Gasteiger partial charge in [0, 0.05) is 25.9 Å². The number of rotatable bonds is 7. The van der Waals surface area contributed by atoms with Gasteiger partial charge in [-0.3, -0.25) is 19.3 Å². The molecule has 1 rings (SSSR count). The summed E-state index contributed by atoms with van der Waals surface area (Å²) in [5.41, 5.74) is 1.64. The molecule has 0 atom stereocenters. The van der Waals surface area contributed by atoms with E-state index < -0.39 is 18.4 Å². The molecule has 1 aromatic carbocycles. The first kappa shape index (κ1) is 16.6. The first-order chi connectivity index (χ1) is 10.1. The topological polar surface area (TPSA) is 75.7 Å². The van der Waals surface area contributed by atoms with Crippen LogP contribution in [0.2, 0.25) is 0 Å². The highest BCUT2D eigenvalue weighted by Gasteiger charge is 2.18. The molecule has 6 nitrogen and oxygen atoms in total. The Balaban J connectivity index is 2.87. The molecule has 6 heteroatoms. The van der Waals surface area contributed by atoms with E-state index in [0.717, 1.165) is 16.2 Å². The van der Waals surface area contributed by atoms with Crippen molar-refractivity contribution in [3.8, 4) is 0 Å². The summed E-state index contributed by atoms with van der Waals surface area (Å²) in [5.74, 6) is -1.18. The second-order valence-electron chi connectivity index (χ2n) is 4.07. The average molecular weight is 289 g/mol. The number of carbonyl (C=O) groups excluding carboxylic acids is 3. The lowest BCUT2D eigenvalue weighted by molar-refractivity contribution is -0.143. The number of benzene rings is 1. The van der Waals surface area contributed by atoms with Gasteiger partial charge in [0.05, 0.1) is 6.54 Å². The lowest BCUT2D eigenvalue weighted by Gasteiger charge is -2.15. The Bertz CT molecular complexity index is 540. The van der Waals surface area contributed by atoms with Crippen molar-refractivity contribution in [3.63, 3.8) is 0 Å². The summed E-state index contributed by atoms with van der Waals surface area (Å²) in [6.45, 7) is -0.687. The maximum atomic E-state index is 12.0. The van der Waals surface area contributed by atoms with Crippen molar-refractivity contribution in [3.05, 3.63) is 35.9 Å². The van der Waals surface area contributed by atoms with Gasteiger partial charge in [0.25, 0.3) is 11.8 Å². The van der Waals surface area contributed by atoms with Crippen molar-refractivity contribution in [2.24, 2.45) is 0 Å². The zero-order valence-corrected chi connectivity index (χ0v) is 12.0. The number of amides is 2. The maximum Gasteiger partial charge on any atom is 0.255 e. The van der Waals surface area contributed by atoms with Gasteiger partial charge >= 0.3 is 0 Å². The number of methoxy groups -OCH3 is 1. The number of anilines is 1. The predicted molar refractivity (Wildman–Crippen MR) is 79.3 cm³/mol. The molecule has 0 saturated heterocycles. The standard InChI is InChI=1S/C15H17N2O4/c1-16-13-6-4-3-5-12(13)7-8-14(19)17(9-10-18)15(20)11-21-2/h3-8,16H,9,11H2,1-2H3/b8-7+. The van der Waals surface area contributed by atoms with Gasteiger partial charge in [-0.1, -0.05) is 18.2 Å². The minimum Gasteiger partial charge on any atom is -0.388 e. The number of imide groups is 1. The normalized spacial score (nSPS) is 10.4. The minimum atomic E-state index is -0.591. The maximum absolute atomic E-state index is 12.0. The Morgan fingerprint density at radius 3 is 2.71 bits per heavy atom. The highest BCUT2D eigenvalue weighted by Crippen LogP contribution is 2.15. The lowest BCUT2D eigenvalue weighted by atomic mass is 10.1. The van der Waals surface area contributed by atoms with E-state index in [1.165, 1.54) is 13.2 Å². The minimum absolute atomic E-state index is 0.269. The molecule has 0 heterocycles. The van der Waals surface area contributed by atoms with Crippen LogP contribution in [0.3, 0.4) is 0 Å². The summed E-state index contributed by atoms with van der Waals surface area (Å²) in [6, 6.07) is 7.37. The van der Waals surface area contributed by atoms with E-state index in [0.29, 0.717) is 0 Å². The Kier molecular flexibility index (Phi) is 6.83. The van der Waals surface area contributed by atoms with Crippen LogP contribution in [0.15, 0.2) is 30.3 Å². The van der Waals surface area contributed by atoms with Gasteiger partial charge < -0.3 is 10.1 Å². The molecule has 0 saturated carbocycles. The van der Waals surface area contributed by atoms with E-state index in [1.807, 2.05) is 24.3 Å². The second-order valence-corrected chi connectivity index (χ2v) is 4.07. The van der Waals surface area contributed by atoms with E-state index >= 15 is 0 Å². The van der Waals surface area contributed by atoms with Crippen molar-refractivity contribution in [1.29, 1.82) is 0 Å². The van der Waals surface area contributed by atoms with Crippen LogP contribution in [0.5, 0.6) is 0 Å². The molecular formula is C15H17N2O4. The van der Waals surface area contributed by atoms with Gasteiger partial charge in [-0.05, 0) is 17.7 Å². The van der Waals surface area contributed by atoms with Crippen LogP contribution in [0.4, 0.5) is 5.69 Å². The summed E-state index contributed by atoms with van der Waals surface area (Å²) in [5, 5.41) is 2.99. The van der Waals surface area contributed by atoms with E-state index in [4.69, 9.17) is 0 Å². The van der Waals surface area contributed by atoms with E-state index in [2.05, 4.69) is 10.1 Å². The monoisotopic (exact) mass is 289 g/mol. The zero-order valence-electron chi connectivity index (χ0n) is 12.0. The molecule has 1 N–H and O–H groups in total. The number of nitrogens with one attached hydrogen (secondary N) is 1. The zero-order chi connectivity index (χ0) is 15.7. The number of nitrogens with zero attached hydrogens (tertiary/aromatic N) is 1. The number of para-hydroxylation sites is 1. The quantitative estimate of drug-likeness (QED) is 0.753. The van der Waals surface area contributed by atoms with Crippen LogP contribution in [-0.2, 0) is 19.1 Å². The van der Waals surface area contributed by atoms with Crippen LogP contribution < -0.4 is 5.32 Å². The SMILES string of the molecule is CNc1ccccc1/C=C/C(=O)N(C[C]=O)C(=O)COC. The molecule has 21 heavy (non-hydrogen) atoms. The number of ether oxygens (including phenoxy) is 1. The van der Waals surface area contributed by atoms with Crippen LogP contribution in [0, 0.1) is 0 Å². The molecule has 0 aliphatic rings. The van der Waals surface area contributed by atoms with Crippen LogP contribution >= 0.6 is 0 Å². The Hall–Kier alpha value is -2.47. The third-order valence-electron chi connectivity index (χ3n) is 2.69. The molecule has 2 amide bonds. The molecule has 111 valence electrons. The Labute approximate surface area is 123 Å². The molecule has 0 fully saturated rings. The van der Waals surface area contributed by atoms with Gasteiger partial charge in [0.1, 0.15) is 6.61 Å². The van der Waals surface area contributed by atoms with Crippen molar-refractivity contribution in [1.82, 2.24) is 4.90 Å². The average Bonchev–Trinajstić information content (AvgIpc) is 2.50. The fraction of sp³-hybridized carbons (Fsp3) is 0.267. The van der Waals surface area contributed by atoms with Gasteiger partial charge in [-0.25, -0.2) is 0 Å². The van der Waals surface area contributed by atoms with Crippen LogP contribution in [0.25, 0.3) is 6.08 Å².